The zero-order chi connectivity index (χ0) is 15.6. The number of anilines is 1. The lowest BCUT2D eigenvalue weighted by molar-refractivity contribution is -0.384. The van der Waals surface area contributed by atoms with E-state index in [1.165, 1.54) is 6.07 Å². The average molecular weight is 293 g/mol. The second-order valence-electron chi connectivity index (χ2n) is 5.98. The predicted molar refractivity (Wildman–Crippen MR) is 82.6 cm³/mol. The summed E-state index contributed by atoms with van der Waals surface area (Å²) in [7, 11) is 3.99. The summed E-state index contributed by atoms with van der Waals surface area (Å²) in [5, 5.41) is 20.9. The smallest absolute Gasteiger partial charge is 0.292 e. The Bertz CT molecular complexity index is 519. The highest BCUT2D eigenvalue weighted by Crippen LogP contribution is 2.31. The zero-order valence-electron chi connectivity index (χ0n) is 12.8. The number of benzene rings is 1. The predicted octanol–water partition coefficient (Wildman–Crippen LogP) is 2.04. The van der Waals surface area contributed by atoms with Crippen molar-refractivity contribution in [3.05, 3.63) is 33.9 Å². The quantitative estimate of drug-likeness (QED) is 0.664. The van der Waals surface area contributed by atoms with Gasteiger partial charge in [0.05, 0.1) is 11.0 Å². The SMILES string of the molecule is CC(O)c1ccc(N(C)CC2CCN(C)C2)c([N+](=O)[O-])c1. The van der Waals surface area contributed by atoms with Gasteiger partial charge < -0.3 is 14.9 Å². The molecule has 0 spiro atoms. The molecule has 0 aromatic heterocycles. The molecule has 6 nitrogen and oxygen atoms in total. The molecule has 1 aliphatic heterocycles. The third-order valence-corrected chi connectivity index (χ3v) is 4.11. The van der Waals surface area contributed by atoms with Gasteiger partial charge in [0.15, 0.2) is 0 Å². The van der Waals surface area contributed by atoms with E-state index in [4.69, 9.17) is 0 Å². The molecule has 1 aromatic carbocycles. The summed E-state index contributed by atoms with van der Waals surface area (Å²) in [6.45, 7) is 4.53. The fraction of sp³-hybridized carbons (Fsp3) is 0.600. The first-order valence-corrected chi connectivity index (χ1v) is 7.24. The fourth-order valence-electron chi connectivity index (χ4n) is 2.93. The van der Waals surface area contributed by atoms with Crippen molar-refractivity contribution >= 4 is 11.4 Å². The van der Waals surface area contributed by atoms with Crippen molar-refractivity contribution in [2.75, 3.05) is 38.6 Å². The molecule has 1 N–H and O–H groups in total. The summed E-state index contributed by atoms with van der Waals surface area (Å²) in [6, 6.07) is 4.96. The van der Waals surface area contributed by atoms with Gasteiger partial charge in [-0.15, -0.1) is 0 Å². The molecular formula is C15H23N3O3. The van der Waals surface area contributed by atoms with Gasteiger partial charge in [-0.25, -0.2) is 0 Å². The van der Waals surface area contributed by atoms with Crippen LogP contribution >= 0.6 is 0 Å². The van der Waals surface area contributed by atoms with Gasteiger partial charge in [0.1, 0.15) is 5.69 Å². The topological polar surface area (TPSA) is 69.8 Å². The lowest BCUT2D eigenvalue weighted by Gasteiger charge is -2.23. The van der Waals surface area contributed by atoms with Gasteiger partial charge in [0, 0.05) is 26.2 Å². The van der Waals surface area contributed by atoms with E-state index in [0.717, 1.165) is 26.1 Å². The number of hydrogen-bond donors (Lipinski definition) is 1. The molecule has 1 aromatic rings. The first kappa shape index (κ1) is 15.7. The van der Waals surface area contributed by atoms with Gasteiger partial charge in [-0.1, -0.05) is 6.07 Å². The van der Waals surface area contributed by atoms with Crippen LogP contribution in [-0.4, -0.2) is 48.7 Å². The van der Waals surface area contributed by atoms with Crippen LogP contribution in [0, 0.1) is 16.0 Å². The highest BCUT2D eigenvalue weighted by molar-refractivity contribution is 5.64. The molecule has 21 heavy (non-hydrogen) atoms. The first-order valence-electron chi connectivity index (χ1n) is 7.24. The molecule has 0 radical (unpaired) electrons. The normalized spacial score (nSPS) is 20.5. The van der Waals surface area contributed by atoms with E-state index in [0.29, 0.717) is 17.2 Å². The van der Waals surface area contributed by atoms with Gasteiger partial charge in [-0.05, 0) is 44.5 Å². The van der Waals surface area contributed by atoms with Crippen LogP contribution in [0.1, 0.15) is 25.0 Å². The Balaban J connectivity index is 2.19. The van der Waals surface area contributed by atoms with Crippen molar-refractivity contribution in [1.29, 1.82) is 0 Å². The van der Waals surface area contributed by atoms with Crippen LogP contribution in [0.2, 0.25) is 0 Å². The summed E-state index contributed by atoms with van der Waals surface area (Å²) in [6.07, 6.45) is 0.423. The second-order valence-corrected chi connectivity index (χ2v) is 5.98. The van der Waals surface area contributed by atoms with E-state index in [1.54, 1.807) is 19.1 Å². The lowest BCUT2D eigenvalue weighted by atomic mass is 10.1. The number of hydrogen-bond acceptors (Lipinski definition) is 5. The number of nitro groups is 1. The van der Waals surface area contributed by atoms with Crippen molar-refractivity contribution < 1.29 is 10.0 Å². The first-order chi connectivity index (χ1) is 9.88. The molecule has 0 aliphatic carbocycles. The molecule has 0 saturated carbocycles. The van der Waals surface area contributed by atoms with E-state index < -0.39 is 6.10 Å². The molecule has 1 aliphatic rings. The van der Waals surface area contributed by atoms with E-state index in [2.05, 4.69) is 11.9 Å². The maximum atomic E-state index is 11.3. The number of likely N-dealkylation sites (tertiary alicyclic amines) is 1. The van der Waals surface area contributed by atoms with Crippen molar-refractivity contribution in [3.8, 4) is 0 Å². The number of aliphatic hydroxyl groups excluding tert-OH is 1. The third-order valence-electron chi connectivity index (χ3n) is 4.11. The van der Waals surface area contributed by atoms with Crippen LogP contribution in [0.4, 0.5) is 11.4 Å². The molecule has 6 heteroatoms. The van der Waals surface area contributed by atoms with Gasteiger partial charge in [0.25, 0.3) is 5.69 Å². The summed E-state index contributed by atoms with van der Waals surface area (Å²) in [5.74, 6) is 0.538. The van der Waals surface area contributed by atoms with Gasteiger partial charge in [-0.2, -0.15) is 0 Å². The van der Waals surface area contributed by atoms with Crippen molar-refractivity contribution in [2.45, 2.75) is 19.4 Å². The molecule has 1 heterocycles. The molecule has 2 unspecified atom stereocenters. The molecule has 0 amide bonds. The monoisotopic (exact) mass is 293 g/mol. The molecule has 1 saturated heterocycles. The third kappa shape index (κ3) is 3.71. The molecule has 2 rings (SSSR count). The van der Waals surface area contributed by atoms with E-state index in [-0.39, 0.29) is 10.6 Å². The Kier molecular flexibility index (Phi) is 4.80. The number of rotatable bonds is 5. The Morgan fingerprint density at radius 1 is 1.57 bits per heavy atom. The van der Waals surface area contributed by atoms with Crippen LogP contribution in [-0.2, 0) is 0 Å². The van der Waals surface area contributed by atoms with Gasteiger partial charge in [0.2, 0.25) is 0 Å². The molecule has 1 fully saturated rings. The van der Waals surface area contributed by atoms with Crippen LogP contribution in [0.15, 0.2) is 18.2 Å². The Morgan fingerprint density at radius 2 is 2.29 bits per heavy atom. The zero-order valence-corrected chi connectivity index (χ0v) is 12.8. The summed E-state index contributed by atoms with van der Waals surface area (Å²) in [5.41, 5.74) is 1.24. The largest absolute Gasteiger partial charge is 0.389 e. The van der Waals surface area contributed by atoms with Crippen LogP contribution in [0.3, 0.4) is 0 Å². The average Bonchev–Trinajstić information content (AvgIpc) is 2.83. The minimum Gasteiger partial charge on any atom is -0.389 e. The Hall–Kier alpha value is -1.66. The maximum absolute atomic E-state index is 11.3. The number of nitrogens with zero attached hydrogens (tertiary/aromatic N) is 3. The Morgan fingerprint density at radius 3 is 2.81 bits per heavy atom. The van der Waals surface area contributed by atoms with E-state index in [1.807, 2.05) is 11.9 Å². The van der Waals surface area contributed by atoms with Crippen molar-refractivity contribution in [3.63, 3.8) is 0 Å². The van der Waals surface area contributed by atoms with Crippen LogP contribution in [0.5, 0.6) is 0 Å². The standard InChI is InChI=1S/C15H23N3O3/c1-11(19)13-4-5-14(15(8-13)18(20)21)17(3)10-12-6-7-16(2)9-12/h4-5,8,11-12,19H,6-7,9-10H2,1-3H3. The van der Waals surface area contributed by atoms with Gasteiger partial charge in [-0.3, -0.25) is 10.1 Å². The highest BCUT2D eigenvalue weighted by atomic mass is 16.6. The van der Waals surface area contributed by atoms with Crippen molar-refractivity contribution in [1.82, 2.24) is 4.90 Å². The number of aliphatic hydroxyl groups is 1. The summed E-state index contributed by atoms with van der Waals surface area (Å²) >= 11 is 0. The minimum absolute atomic E-state index is 0.0576. The summed E-state index contributed by atoms with van der Waals surface area (Å²) < 4.78 is 0. The van der Waals surface area contributed by atoms with Crippen LogP contribution < -0.4 is 4.90 Å². The van der Waals surface area contributed by atoms with E-state index in [9.17, 15) is 15.2 Å². The summed E-state index contributed by atoms with van der Waals surface area (Å²) in [4.78, 5) is 15.1. The molecule has 0 bridgehead atoms. The highest BCUT2D eigenvalue weighted by Gasteiger charge is 2.24. The van der Waals surface area contributed by atoms with Crippen molar-refractivity contribution in [2.24, 2.45) is 5.92 Å². The molecule has 2 atom stereocenters. The minimum atomic E-state index is -0.702. The lowest BCUT2D eigenvalue weighted by Crippen LogP contribution is -2.27. The molecule has 116 valence electrons. The van der Waals surface area contributed by atoms with Crippen LogP contribution in [0.25, 0.3) is 0 Å². The second kappa shape index (κ2) is 6.41. The van der Waals surface area contributed by atoms with E-state index >= 15 is 0 Å². The van der Waals surface area contributed by atoms with Gasteiger partial charge >= 0.3 is 0 Å². The maximum Gasteiger partial charge on any atom is 0.292 e. The Labute approximate surface area is 125 Å². The fourth-order valence-corrected chi connectivity index (χ4v) is 2.93. The molecular weight excluding hydrogens is 270 g/mol. The number of nitro benzene ring substituents is 1.